The molecule has 1 aliphatic heterocycles. The number of nitrogens with zero attached hydrogens (tertiary/aromatic N) is 4. The smallest absolute Gasteiger partial charge is 0.417 e. The van der Waals surface area contributed by atoms with Crippen molar-refractivity contribution in [2.45, 2.75) is 32.0 Å². The number of amides is 2. The van der Waals surface area contributed by atoms with Crippen LogP contribution in [0.2, 0.25) is 0 Å². The summed E-state index contributed by atoms with van der Waals surface area (Å²) < 4.78 is 51.7. The van der Waals surface area contributed by atoms with E-state index < -0.39 is 23.9 Å². The van der Waals surface area contributed by atoms with Gasteiger partial charge in [0.15, 0.2) is 5.58 Å². The third-order valence-corrected chi connectivity index (χ3v) is 7.60. The Labute approximate surface area is 261 Å². The van der Waals surface area contributed by atoms with Crippen molar-refractivity contribution in [1.29, 1.82) is 5.26 Å². The van der Waals surface area contributed by atoms with Crippen molar-refractivity contribution < 1.29 is 31.9 Å². The molecule has 6 rings (SSSR count). The summed E-state index contributed by atoms with van der Waals surface area (Å²) in [6.45, 7) is 4.14. The van der Waals surface area contributed by atoms with Crippen molar-refractivity contribution in [2.75, 3.05) is 18.0 Å². The number of hydrogen-bond acceptors (Lipinski definition) is 7. The molecule has 2 amide bonds. The fraction of sp³-hybridized carbons (Fsp3) is 0.206. The van der Waals surface area contributed by atoms with E-state index in [9.17, 15) is 28.0 Å². The highest BCUT2D eigenvalue weighted by Crippen LogP contribution is 2.37. The molecule has 1 fully saturated rings. The minimum Gasteiger partial charge on any atom is -0.442 e. The van der Waals surface area contributed by atoms with Gasteiger partial charge in [0.25, 0.3) is 5.91 Å². The van der Waals surface area contributed by atoms with Crippen molar-refractivity contribution in [2.24, 2.45) is 0 Å². The van der Waals surface area contributed by atoms with Gasteiger partial charge in [0.2, 0.25) is 5.89 Å². The Hall–Kier alpha value is -5.70. The number of rotatable bonds is 7. The number of oxazole rings is 1. The Morgan fingerprint density at radius 2 is 1.83 bits per heavy atom. The molecule has 46 heavy (non-hydrogen) atoms. The van der Waals surface area contributed by atoms with Crippen LogP contribution in [0.15, 0.2) is 83.4 Å². The summed E-state index contributed by atoms with van der Waals surface area (Å²) >= 11 is 0. The first-order valence-corrected chi connectivity index (χ1v) is 14.4. The van der Waals surface area contributed by atoms with Crippen LogP contribution in [0.4, 0.5) is 23.8 Å². The van der Waals surface area contributed by atoms with Crippen LogP contribution in [0.3, 0.4) is 0 Å². The number of hydrogen-bond donors (Lipinski definition) is 1. The molecule has 1 atom stereocenters. The van der Waals surface area contributed by atoms with Gasteiger partial charge in [-0.3, -0.25) is 9.69 Å². The zero-order chi connectivity index (χ0) is 32.6. The highest BCUT2D eigenvalue weighted by Gasteiger charge is 2.35. The number of fused-ring (bicyclic) bond motifs is 1. The number of nitriles is 1. The van der Waals surface area contributed by atoms with Crippen molar-refractivity contribution in [1.82, 2.24) is 15.3 Å². The SMILES string of the molecule is CC(C)c1cc(C#N)cc2nc(-c3ccc(C(=O)NC[C@@H]4CN(c5ccc(-c6ccccc6C(F)(F)F)cn5)C(=O)O4)cc3)oc12. The predicted molar refractivity (Wildman–Crippen MR) is 163 cm³/mol. The summed E-state index contributed by atoms with van der Waals surface area (Å²) in [6, 6.07) is 20.4. The molecule has 232 valence electrons. The van der Waals surface area contributed by atoms with Crippen molar-refractivity contribution in [3.8, 4) is 28.7 Å². The molecule has 5 aromatic rings. The van der Waals surface area contributed by atoms with Crippen LogP contribution in [0.25, 0.3) is 33.7 Å². The second kappa shape index (κ2) is 12.0. The lowest BCUT2D eigenvalue weighted by molar-refractivity contribution is -0.137. The van der Waals surface area contributed by atoms with Gasteiger partial charge in [0, 0.05) is 28.5 Å². The molecule has 0 radical (unpaired) electrons. The first-order valence-electron chi connectivity index (χ1n) is 14.4. The van der Waals surface area contributed by atoms with E-state index >= 15 is 0 Å². The van der Waals surface area contributed by atoms with E-state index in [1.165, 1.54) is 41.4 Å². The van der Waals surface area contributed by atoms with Crippen molar-refractivity contribution in [3.05, 3.63) is 101 Å². The van der Waals surface area contributed by atoms with Crippen LogP contribution in [-0.4, -0.2) is 41.2 Å². The highest BCUT2D eigenvalue weighted by atomic mass is 19.4. The Kier molecular flexibility index (Phi) is 7.92. The molecule has 1 aliphatic rings. The minimum atomic E-state index is -4.53. The molecule has 2 aromatic heterocycles. The topological polar surface area (TPSA) is 121 Å². The monoisotopic (exact) mass is 625 g/mol. The van der Waals surface area contributed by atoms with E-state index in [0.717, 1.165) is 11.6 Å². The maximum atomic E-state index is 13.4. The van der Waals surface area contributed by atoms with Gasteiger partial charge in [0.05, 0.1) is 30.3 Å². The predicted octanol–water partition coefficient (Wildman–Crippen LogP) is 7.33. The number of alkyl halides is 3. The number of carbonyl (C=O) groups excluding carboxylic acids is 2. The molecule has 1 N–H and O–H groups in total. The van der Waals surface area contributed by atoms with E-state index in [1.54, 1.807) is 36.4 Å². The van der Waals surface area contributed by atoms with Gasteiger partial charge in [-0.25, -0.2) is 14.8 Å². The Balaban J connectivity index is 1.08. The summed E-state index contributed by atoms with van der Waals surface area (Å²) in [5.74, 6) is 0.319. The van der Waals surface area contributed by atoms with Gasteiger partial charge in [-0.1, -0.05) is 32.0 Å². The van der Waals surface area contributed by atoms with E-state index in [-0.39, 0.29) is 41.9 Å². The molecular formula is C34H26F3N5O4. The average molecular weight is 626 g/mol. The van der Waals surface area contributed by atoms with Crippen LogP contribution in [-0.2, 0) is 10.9 Å². The highest BCUT2D eigenvalue weighted by molar-refractivity contribution is 5.95. The second-order valence-corrected chi connectivity index (χ2v) is 11.1. The quantitative estimate of drug-likeness (QED) is 0.201. The second-order valence-electron chi connectivity index (χ2n) is 11.1. The summed E-state index contributed by atoms with van der Waals surface area (Å²) in [7, 11) is 0. The number of halogens is 3. The zero-order valence-electron chi connectivity index (χ0n) is 24.6. The van der Waals surface area contributed by atoms with E-state index in [2.05, 4.69) is 21.4 Å². The molecule has 9 nitrogen and oxygen atoms in total. The van der Waals surface area contributed by atoms with Gasteiger partial charge in [-0.2, -0.15) is 18.4 Å². The third kappa shape index (κ3) is 5.99. The minimum absolute atomic E-state index is 0.0185. The van der Waals surface area contributed by atoms with Gasteiger partial charge in [-0.05, 0) is 66.1 Å². The fourth-order valence-electron chi connectivity index (χ4n) is 5.25. The zero-order valence-corrected chi connectivity index (χ0v) is 24.6. The van der Waals surface area contributed by atoms with Gasteiger partial charge in [-0.15, -0.1) is 0 Å². The molecule has 0 saturated carbocycles. The molecule has 0 bridgehead atoms. The number of pyridine rings is 1. The lowest BCUT2D eigenvalue weighted by Crippen LogP contribution is -2.34. The number of cyclic esters (lactones) is 1. The van der Waals surface area contributed by atoms with Crippen LogP contribution in [0, 0.1) is 11.3 Å². The number of anilines is 1. The lowest BCUT2D eigenvalue weighted by atomic mass is 10.00. The van der Waals surface area contributed by atoms with Gasteiger partial charge < -0.3 is 14.5 Å². The number of benzene rings is 3. The number of ether oxygens (including phenoxy) is 1. The average Bonchev–Trinajstić information content (AvgIpc) is 3.66. The van der Waals surface area contributed by atoms with Crippen LogP contribution in [0.1, 0.15) is 46.8 Å². The molecule has 1 saturated heterocycles. The Bertz CT molecular complexity index is 1980. The Morgan fingerprint density at radius 1 is 1.09 bits per heavy atom. The maximum Gasteiger partial charge on any atom is 0.417 e. The summed E-state index contributed by atoms with van der Waals surface area (Å²) in [4.78, 5) is 35.4. The number of aromatic nitrogens is 2. The molecule has 0 unspecified atom stereocenters. The van der Waals surface area contributed by atoms with Crippen LogP contribution < -0.4 is 10.2 Å². The van der Waals surface area contributed by atoms with Crippen LogP contribution in [0.5, 0.6) is 0 Å². The fourth-order valence-corrected chi connectivity index (χ4v) is 5.25. The normalized spacial score (nSPS) is 14.8. The molecule has 12 heteroatoms. The van der Waals surface area contributed by atoms with E-state index in [4.69, 9.17) is 9.15 Å². The van der Waals surface area contributed by atoms with E-state index in [0.29, 0.717) is 33.7 Å². The number of carbonyl (C=O) groups is 2. The molecule has 3 aromatic carbocycles. The number of nitrogens with one attached hydrogen (secondary N) is 1. The maximum absolute atomic E-state index is 13.4. The Morgan fingerprint density at radius 3 is 2.50 bits per heavy atom. The molecule has 0 spiro atoms. The summed E-state index contributed by atoms with van der Waals surface area (Å²) in [6.07, 6.45) is -4.60. The standard InChI is InChI=1S/C34H26F3N5O4/c1-19(2)26-13-20(15-38)14-28-30(26)46-32(41-28)22-9-7-21(8-10-22)31(43)40-17-24-18-42(33(44)45-24)29-12-11-23(16-39-29)25-5-3-4-6-27(25)34(35,36)37/h3-14,16,19,24H,17-18H2,1-2H3,(H,40,43)/t24-/m1/s1. The third-order valence-electron chi connectivity index (χ3n) is 7.60. The molecule has 0 aliphatic carbocycles. The summed E-state index contributed by atoms with van der Waals surface area (Å²) in [5.41, 5.74) is 3.06. The van der Waals surface area contributed by atoms with E-state index in [1.807, 2.05) is 13.8 Å². The first-order chi connectivity index (χ1) is 22.0. The molecular weight excluding hydrogens is 599 g/mol. The molecule has 3 heterocycles. The van der Waals surface area contributed by atoms with Gasteiger partial charge in [0.1, 0.15) is 17.4 Å². The van der Waals surface area contributed by atoms with Crippen molar-refractivity contribution in [3.63, 3.8) is 0 Å². The largest absolute Gasteiger partial charge is 0.442 e. The van der Waals surface area contributed by atoms with Gasteiger partial charge >= 0.3 is 12.3 Å². The summed E-state index contributed by atoms with van der Waals surface area (Å²) in [5, 5.41) is 12.1. The first kappa shape index (κ1) is 30.3. The van der Waals surface area contributed by atoms with Crippen LogP contribution >= 0.6 is 0 Å². The van der Waals surface area contributed by atoms with Crippen molar-refractivity contribution >= 4 is 28.9 Å². The lowest BCUT2D eigenvalue weighted by Gasteiger charge is -2.15.